The van der Waals surface area contributed by atoms with Gasteiger partial charge >= 0.3 is 0 Å². The molecular formula is C22H41NO2Zr. The average molecular weight is 443 g/mol. The van der Waals surface area contributed by atoms with Gasteiger partial charge in [-0.15, -0.1) is 0 Å². The van der Waals surface area contributed by atoms with E-state index >= 15 is 0 Å². The Morgan fingerprint density at radius 2 is 1.50 bits per heavy atom. The average Bonchev–Trinajstić information content (AvgIpc) is 3.05. The fourth-order valence-corrected chi connectivity index (χ4v) is 4.01. The first-order valence-corrected chi connectivity index (χ1v) is 10.9. The summed E-state index contributed by atoms with van der Waals surface area (Å²) in [4.78, 5) is 27.3. The van der Waals surface area contributed by atoms with Gasteiger partial charge in [0, 0.05) is 45.7 Å². The monoisotopic (exact) mass is 441 g/mol. The summed E-state index contributed by atoms with van der Waals surface area (Å²) in [5, 5.41) is 0. The van der Waals surface area contributed by atoms with Crippen molar-refractivity contribution in [1.29, 1.82) is 0 Å². The maximum Gasteiger partial charge on any atom is 0.233 e. The van der Waals surface area contributed by atoms with Gasteiger partial charge in [-0.2, -0.15) is 0 Å². The number of unbranched alkanes of at least 4 members (excludes halogenated alkanes) is 2. The Hall–Kier alpha value is 0.0231. The van der Waals surface area contributed by atoms with E-state index in [0.717, 1.165) is 38.8 Å². The molecule has 1 fully saturated rings. The van der Waals surface area contributed by atoms with Crippen LogP contribution in [0.25, 0.3) is 0 Å². The summed E-state index contributed by atoms with van der Waals surface area (Å²) in [7, 11) is 0. The minimum atomic E-state index is -0.340. The summed E-state index contributed by atoms with van der Waals surface area (Å²) < 4.78 is 0. The quantitative estimate of drug-likeness (QED) is 0.347. The number of hydrogen-bond acceptors (Lipinski definition) is 2. The first-order valence-electron chi connectivity index (χ1n) is 10.9. The summed E-state index contributed by atoms with van der Waals surface area (Å²) in [5.41, 5.74) is 0. The van der Waals surface area contributed by atoms with Gasteiger partial charge in [-0.1, -0.05) is 66.2 Å². The number of carbonyl (C=O) groups excluding carboxylic acids is 2. The first-order chi connectivity index (χ1) is 12.1. The van der Waals surface area contributed by atoms with E-state index in [1.807, 2.05) is 0 Å². The third-order valence-corrected chi connectivity index (χ3v) is 5.96. The molecule has 0 aromatic rings. The number of amides is 1. The van der Waals surface area contributed by atoms with Crippen molar-refractivity contribution in [3.63, 3.8) is 0 Å². The Balaban J connectivity index is 0.00000625. The van der Waals surface area contributed by atoms with Crippen LogP contribution in [0.4, 0.5) is 0 Å². The maximum absolute atomic E-state index is 13.1. The molecule has 3 unspecified atom stereocenters. The van der Waals surface area contributed by atoms with Gasteiger partial charge in [0.05, 0.1) is 5.92 Å². The number of hydrogen-bond donors (Lipinski definition) is 0. The molecule has 3 nitrogen and oxygen atoms in total. The van der Waals surface area contributed by atoms with E-state index in [4.69, 9.17) is 0 Å². The molecule has 1 rings (SSSR count). The normalized spacial score (nSPS) is 19.1. The van der Waals surface area contributed by atoms with Crippen molar-refractivity contribution in [3.8, 4) is 0 Å². The predicted octanol–water partition coefficient (Wildman–Crippen LogP) is 5.61. The molecule has 0 heterocycles. The number of carbonyl (C=O) groups is 2. The van der Waals surface area contributed by atoms with E-state index in [0.29, 0.717) is 18.3 Å². The molecule has 0 aliphatic heterocycles. The molecule has 3 atom stereocenters. The Morgan fingerprint density at radius 1 is 1.00 bits per heavy atom. The summed E-state index contributed by atoms with van der Waals surface area (Å²) in [6.07, 6.45) is 11.8. The van der Waals surface area contributed by atoms with Crippen LogP contribution in [0.1, 0.15) is 98.3 Å². The van der Waals surface area contributed by atoms with Crippen LogP contribution in [-0.4, -0.2) is 29.7 Å². The van der Waals surface area contributed by atoms with E-state index in [1.54, 1.807) is 0 Å². The molecule has 0 N–H and O–H groups in total. The molecule has 1 aliphatic rings. The zero-order valence-electron chi connectivity index (χ0n) is 17.7. The van der Waals surface area contributed by atoms with E-state index < -0.39 is 0 Å². The zero-order valence-corrected chi connectivity index (χ0v) is 20.1. The number of nitrogens with zero attached hydrogens (tertiary/aromatic N) is 1. The van der Waals surface area contributed by atoms with Crippen LogP contribution < -0.4 is 0 Å². The van der Waals surface area contributed by atoms with Crippen molar-refractivity contribution in [2.45, 2.75) is 98.3 Å². The molecule has 0 spiro atoms. The van der Waals surface area contributed by atoms with Gasteiger partial charge in [0.25, 0.3) is 0 Å². The van der Waals surface area contributed by atoms with Crippen LogP contribution in [-0.2, 0) is 35.8 Å². The third kappa shape index (κ3) is 8.81. The maximum atomic E-state index is 13.1. The second-order valence-electron chi connectivity index (χ2n) is 7.99. The molecule has 1 aliphatic carbocycles. The van der Waals surface area contributed by atoms with Gasteiger partial charge < -0.3 is 4.90 Å². The van der Waals surface area contributed by atoms with Crippen LogP contribution in [0, 0.1) is 17.8 Å². The zero-order chi connectivity index (χ0) is 18.7. The van der Waals surface area contributed by atoms with Crippen LogP contribution in [0.3, 0.4) is 0 Å². The Bertz CT molecular complexity index is 382. The van der Waals surface area contributed by atoms with E-state index in [1.165, 1.54) is 38.5 Å². The molecule has 0 aromatic carbocycles. The second kappa shape index (κ2) is 15.0. The van der Waals surface area contributed by atoms with Crippen LogP contribution in [0.15, 0.2) is 0 Å². The van der Waals surface area contributed by atoms with Crippen molar-refractivity contribution in [2.75, 3.05) is 13.1 Å². The molecule has 1 saturated carbocycles. The fraction of sp³-hybridized carbons (Fsp3) is 0.909. The number of rotatable bonds is 13. The summed E-state index contributed by atoms with van der Waals surface area (Å²) in [6, 6.07) is 0. The molecule has 26 heavy (non-hydrogen) atoms. The number of ketones is 1. The predicted molar refractivity (Wildman–Crippen MR) is 106 cm³/mol. The summed E-state index contributed by atoms with van der Waals surface area (Å²) in [5.74, 6) is 1.12. The largest absolute Gasteiger partial charge is 0.342 e. The topological polar surface area (TPSA) is 37.4 Å². The molecular weight excluding hydrogens is 401 g/mol. The number of Topliss-reactive ketones (excluding diaryl/α,β-unsaturated/α-hetero) is 1. The molecule has 1 amide bonds. The van der Waals surface area contributed by atoms with E-state index in [9.17, 15) is 9.59 Å². The second-order valence-corrected chi connectivity index (χ2v) is 7.99. The van der Waals surface area contributed by atoms with Gasteiger partial charge in [-0.25, -0.2) is 0 Å². The fourth-order valence-electron chi connectivity index (χ4n) is 4.01. The minimum Gasteiger partial charge on any atom is -0.342 e. The van der Waals surface area contributed by atoms with Gasteiger partial charge in [0.15, 0.2) is 0 Å². The van der Waals surface area contributed by atoms with Gasteiger partial charge in [0.1, 0.15) is 5.78 Å². The molecule has 150 valence electrons. The molecule has 4 heteroatoms. The Labute approximate surface area is 181 Å². The standard InChI is InChI=1S/C22H41NO2.Zr/c1-5-9-12-18(7-3)16-23(17-19(8-4)13-10-6-2)22(25)20-14-11-15-21(20)24;/h18-20H,5-17H2,1-4H3;. The Kier molecular flexibility index (Phi) is 15.0. The Morgan fingerprint density at radius 3 is 1.85 bits per heavy atom. The van der Waals surface area contributed by atoms with E-state index in [2.05, 4.69) is 32.6 Å². The SMILES string of the molecule is CCCCC(CC)CN(CC(CC)CCCC)C(=O)C1CCCC1=O.[Zr]. The van der Waals surface area contributed by atoms with Gasteiger partial charge in [-0.3, -0.25) is 9.59 Å². The minimum absolute atomic E-state index is 0. The third-order valence-electron chi connectivity index (χ3n) is 5.96. The van der Waals surface area contributed by atoms with E-state index in [-0.39, 0.29) is 43.8 Å². The van der Waals surface area contributed by atoms with Crippen molar-refractivity contribution >= 4 is 11.7 Å². The summed E-state index contributed by atoms with van der Waals surface area (Å²) >= 11 is 0. The molecule has 0 radical (unpaired) electrons. The van der Waals surface area contributed by atoms with Crippen molar-refractivity contribution in [1.82, 2.24) is 4.90 Å². The van der Waals surface area contributed by atoms with Crippen molar-refractivity contribution in [3.05, 3.63) is 0 Å². The smallest absolute Gasteiger partial charge is 0.233 e. The van der Waals surface area contributed by atoms with Crippen molar-refractivity contribution < 1.29 is 35.8 Å². The summed E-state index contributed by atoms with van der Waals surface area (Å²) in [6.45, 7) is 10.6. The van der Waals surface area contributed by atoms with Crippen molar-refractivity contribution in [2.24, 2.45) is 17.8 Å². The van der Waals surface area contributed by atoms with Crippen LogP contribution >= 0.6 is 0 Å². The van der Waals surface area contributed by atoms with Crippen LogP contribution in [0.5, 0.6) is 0 Å². The molecule has 0 bridgehead atoms. The van der Waals surface area contributed by atoms with Crippen LogP contribution in [0.2, 0.25) is 0 Å². The molecule has 0 aromatic heterocycles. The van der Waals surface area contributed by atoms with Gasteiger partial charge in [0.2, 0.25) is 5.91 Å². The first kappa shape index (κ1) is 26.0. The van der Waals surface area contributed by atoms with Gasteiger partial charge in [-0.05, 0) is 37.5 Å². The molecule has 0 saturated heterocycles.